The molecular formula is C9H12N2O2. The van der Waals surface area contributed by atoms with Gasteiger partial charge >= 0.3 is 5.97 Å². The zero-order valence-electron chi connectivity index (χ0n) is 7.47. The second-order valence-corrected chi connectivity index (χ2v) is 3.59. The van der Waals surface area contributed by atoms with Gasteiger partial charge in [0.05, 0.1) is 6.33 Å². The Hall–Kier alpha value is -1.32. The monoisotopic (exact) mass is 180 g/mol. The third-order valence-electron chi connectivity index (χ3n) is 2.60. The minimum absolute atomic E-state index is 0.132. The first-order valence-electron chi connectivity index (χ1n) is 4.45. The van der Waals surface area contributed by atoms with Crippen LogP contribution in [-0.4, -0.2) is 20.6 Å². The minimum atomic E-state index is -0.957. The van der Waals surface area contributed by atoms with Crippen molar-refractivity contribution in [3.8, 4) is 0 Å². The fraction of sp³-hybridized carbons (Fsp3) is 0.556. The Morgan fingerprint density at radius 1 is 1.77 bits per heavy atom. The Morgan fingerprint density at radius 3 is 2.92 bits per heavy atom. The zero-order valence-corrected chi connectivity index (χ0v) is 7.47. The van der Waals surface area contributed by atoms with Crippen LogP contribution >= 0.6 is 0 Å². The molecule has 0 aromatic carbocycles. The average molecular weight is 180 g/mol. The van der Waals surface area contributed by atoms with E-state index in [9.17, 15) is 4.79 Å². The van der Waals surface area contributed by atoms with Crippen LogP contribution < -0.4 is 0 Å². The maximum absolute atomic E-state index is 10.5. The van der Waals surface area contributed by atoms with E-state index in [-0.39, 0.29) is 5.69 Å². The summed E-state index contributed by atoms with van der Waals surface area (Å²) in [7, 11) is 0. The number of rotatable bonds is 3. The number of carbonyl (C=O) groups is 1. The van der Waals surface area contributed by atoms with E-state index in [1.54, 1.807) is 12.5 Å². The van der Waals surface area contributed by atoms with Crippen LogP contribution in [0.2, 0.25) is 0 Å². The topological polar surface area (TPSA) is 55.1 Å². The fourth-order valence-corrected chi connectivity index (χ4v) is 1.49. The van der Waals surface area contributed by atoms with Gasteiger partial charge in [-0.3, -0.25) is 0 Å². The normalized spacial score (nSPS) is 18.5. The second-order valence-electron chi connectivity index (χ2n) is 3.59. The minimum Gasteiger partial charge on any atom is -0.476 e. The van der Waals surface area contributed by atoms with Crippen LogP contribution in [0.25, 0.3) is 0 Å². The van der Waals surface area contributed by atoms with E-state index in [2.05, 4.69) is 11.9 Å². The highest BCUT2D eigenvalue weighted by molar-refractivity contribution is 5.84. The van der Waals surface area contributed by atoms with Gasteiger partial charge in [-0.25, -0.2) is 9.78 Å². The van der Waals surface area contributed by atoms with Gasteiger partial charge in [0.2, 0.25) is 0 Å². The highest BCUT2D eigenvalue weighted by Crippen LogP contribution is 2.39. The lowest BCUT2D eigenvalue weighted by atomic mass is 10.2. The lowest BCUT2D eigenvalue weighted by molar-refractivity contribution is 0.0691. The van der Waals surface area contributed by atoms with Crippen molar-refractivity contribution in [2.45, 2.75) is 25.8 Å². The summed E-state index contributed by atoms with van der Waals surface area (Å²) in [6.07, 6.45) is 5.71. The summed E-state index contributed by atoms with van der Waals surface area (Å²) in [5.41, 5.74) is 0.132. The largest absolute Gasteiger partial charge is 0.476 e. The van der Waals surface area contributed by atoms with Crippen molar-refractivity contribution in [2.24, 2.45) is 5.92 Å². The molecule has 1 aliphatic carbocycles. The Balaban J connectivity index is 2.16. The summed E-state index contributed by atoms with van der Waals surface area (Å²) in [5, 5.41) is 8.66. The van der Waals surface area contributed by atoms with Crippen molar-refractivity contribution in [3.63, 3.8) is 0 Å². The first kappa shape index (κ1) is 8.29. The quantitative estimate of drug-likeness (QED) is 0.767. The molecule has 0 radical (unpaired) electrons. The first-order valence-corrected chi connectivity index (χ1v) is 4.45. The number of aromatic nitrogens is 2. The molecule has 0 aliphatic heterocycles. The molecule has 1 fully saturated rings. The summed E-state index contributed by atoms with van der Waals surface area (Å²) in [6.45, 7) is 2.10. The smallest absolute Gasteiger partial charge is 0.356 e. The molecule has 1 saturated carbocycles. The number of carboxylic acid groups (broad SMARTS) is 1. The van der Waals surface area contributed by atoms with Gasteiger partial charge in [0, 0.05) is 12.2 Å². The van der Waals surface area contributed by atoms with Crippen LogP contribution in [0.5, 0.6) is 0 Å². The number of carboxylic acids is 1. The third-order valence-corrected chi connectivity index (χ3v) is 2.60. The van der Waals surface area contributed by atoms with Crippen LogP contribution in [0.4, 0.5) is 0 Å². The third kappa shape index (κ3) is 1.56. The molecule has 13 heavy (non-hydrogen) atoms. The molecule has 0 spiro atoms. The Morgan fingerprint density at radius 2 is 2.46 bits per heavy atom. The number of imidazole rings is 1. The molecule has 1 N–H and O–H groups in total. The summed E-state index contributed by atoms with van der Waals surface area (Å²) >= 11 is 0. The number of hydrogen-bond donors (Lipinski definition) is 1. The van der Waals surface area contributed by atoms with Crippen LogP contribution in [0, 0.1) is 5.92 Å². The molecule has 70 valence electrons. The molecule has 0 bridgehead atoms. The van der Waals surface area contributed by atoms with E-state index in [0.717, 1.165) is 5.92 Å². The molecule has 1 heterocycles. The summed E-state index contributed by atoms with van der Waals surface area (Å²) in [5.74, 6) is -0.238. The molecule has 0 saturated heterocycles. The summed E-state index contributed by atoms with van der Waals surface area (Å²) in [6, 6.07) is 0.389. The maximum Gasteiger partial charge on any atom is 0.356 e. The van der Waals surface area contributed by atoms with Crippen molar-refractivity contribution in [3.05, 3.63) is 18.2 Å². The molecular weight excluding hydrogens is 168 g/mol. The molecule has 1 aromatic heterocycles. The van der Waals surface area contributed by atoms with E-state index in [4.69, 9.17) is 5.11 Å². The van der Waals surface area contributed by atoms with Crippen LogP contribution in [0.1, 0.15) is 36.3 Å². The lowest BCUT2D eigenvalue weighted by Gasteiger charge is -2.10. The highest BCUT2D eigenvalue weighted by Gasteiger charge is 2.29. The molecule has 1 aliphatic rings. The van der Waals surface area contributed by atoms with Crippen LogP contribution in [0.15, 0.2) is 12.5 Å². The van der Waals surface area contributed by atoms with E-state index >= 15 is 0 Å². The second kappa shape index (κ2) is 2.87. The van der Waals surface area contributed by atoms with Gasteiger partial charge in [0.25, 0.3) is 0 Å². The number of hydrogen-bond acceptors (Lipinski definition) is 2. The summed E-state index contributed by atoms with van der Waals surface area (Å²) in [4.78, 5) is 14.4. The van der Waals surface area contributed by atoms with Crippen molar-refractivity contribution >= 4 is 5.97 Å². The van der Waals surface area contributed by atoms with E-state index < -0.39 is 5.97 Å². The van der Waals surface area contributed by atoms with Crippen molar-refractivity contribution in [1.29, 1.82) is 0 Å². The molecule has 2 rings (SSSR count). The van der Waals surface area contributed by atoms with Gasteiger partial charge in [-0.05, 0) is 25.7 Å². The van der Waals surface area contributed by atoms with Crippen molar-refractivity contribution in [2.75, 3.05) is 0 Å². The molecule has 1 atom stereocenters. The van der Waals surface area contributed by atoms with Crippen LogP contribution in [-0.2, 0) is 0 Å². The van der Waals surface area contributed by atoms with E-state index in [0.29, 0.717) is 6.04 Å². The highest BCUT2D eigenvalue weighted by atomic mass is 16.4. The maximum atomic E-state index is 10.5. The van der Waals surface area contributed by atoms with Gasteiger partial charge in [0.15, 0.2) is 5.69 Å². The predicted octanol–water partition coefficient (Wildman–Crippen LogP) is 1.55. The van der Waals surface area contributed by atoms with Crippen LogP contribution in [0.3, 0.4) is 0 Å². The molecule has 4 heteroatoms. The average Bonchev–Trinajstić information content (AvgIpc) is 2.81. The van der Waals surface area contributed by atoms with Gasteiger partial charge in [-0.1, -0.05) is 0 Å². The van der Waals surface area contributed by atoms with E-state index in [1.165, 1.54) is 12.8 Å². The van der Waals surface area contributed by atoms with Gasteiger partial charge in [0.1, 0.15) is 0 Å². The SMILES string of the molecule is CC(C1CC1)n1cnc(C(=O)O)c1. The van der Waals surface area contributed by atoms with Crippen molar-refractivity contribution in [1.82, 2.24) is 9.55 Å². The lowest BCUT2D eigenvalue weighted by Crippen LogP contribution is -2.04. The van der Waals surface area contributed by atoms with Crippen molar-refractivity contribution < 1.29 is 9.90 Å². The Kier molecular flexibility index (Phi) is 1.83. The summed E-state index contributed by atoms with van der Waals surface area (Å²) < 4.78 is 1.89. The Labute approximate surface area is 76.2 Å². The Bertz CT molecular complexity index is 328. The van der Waals surface area contributed by atoms with Gasteiger partial charge in [-0.15, -0.1) is 0 Å². The van der Waals surface area contributed by atoms with Gasteiger partial charge in [-0.2, -0.15) is 0 Å². The number of aromatic carboxylic acids is 1. The molecule has 4 nitrogen and oxygen atoms in total. The fourth-order valence-electron chi connectivity index (χ4n) is 1.49. The molecule has 0 amide bonds. The van der Waals surface area contributed by atoms with E-state index in [1.807, 2.05) is 4.57 Å². The first-order chi connectivity index (χ1) is 6.18. The molecule has 1 aromatic rings. The number of nitrogens with zero attached hydrogens (tertiary/aromatic N) is 2. The standard InChI is InChI=1S/C9H12N2O2/c1-6(7-2-3-7)11-4-8(9(12)13)10-5-11/h4-7H,2-3H2,1H3,(H,12,13). The zero-order chi connectivity index (χ0) is 9.42. The predicted molar refractivity (Wildman–Crippen MR) is 46.6 cm³/mol. The van der Waals surface area contributed by atoms with Gasteiger partial charge < -0.3 is 9.67 Å². The molecule has 1 unspecified atom stereocenters.